The van der Waals surface area contributed by atoms with Crippen molar-refractivity contribution in [2.24, 2.45) is 0 Å². The second kappa shape index (κ2) is 11.5. The van der Waals surface area contributed by atoms with E-state index in [1.165, 1.54) is 16.4 Å². The molecular weight excluding hydrogens is 551 g/mol. The van der Waals surface area contributed by atoms with Crippen LogP contribution in [0.15, 0.2) is 64.0 Å². The zero-order valence-corrected chi connectivity index (χ0v) is 21.8. The first-order chi connectivity index (χ1) is 17.3. The highest BCUT2D eigenvalue weighted by Gasteiger charge is 2.38. The van der Waals surface area contributed by atoms with Crippen molar-refractivity contribution < 1.29 is 22.7 Å². The Hall–Kier alpha value is -2.73. The van der Waals surface area contributed by atoms with Crippen molar-refractivity contribution in [3.63, 3.8) is 0 Å². The Morgan fingerprint density at radius 2 is 1.86 bits per heavy atom. The lowest BCUT2D eigenvalue weighted by Crippen LogP contribution is -2.40. The van der Waals surface area contributed by atoms with Gasteiger partial charge in [-0.2, -0.15) is 4.31 Å². The van der Waals surface area contributed by atoms with Crippen LogP contribution in [0.1, 0.15) is 25.0 Å². The Balaban J connectivity index is 1.51. The van der Waals surface area contributed by atoms with E-state index < -0.39 is 21.9 Å². The van der Waals surface area contributed by atoms with Gasteiger partial charge in [0, 0.05) is 35.2 Å². The number of aromatic nitrogens is 2. The molecule has 8 nitrogen and oxygen atoms in total. The van der Waals surface area contributed by atoms with Gasteiger partial charge in [0.25, 0.3) is 0 Å². The molecule has 2 aromatic carbocycles. The SMILES string of the molecule is O=C(CCc1cc(-c2ccc(Br)cc2)nc(NCCO)n1)[C@@H]1CCCN1S(=O)(=O)c1ccc(F)cc1. The third-order valence-electron chi connectivity index (χ3n) is 5.94. The number of carbonyl (C=O) groups is 1. The first-order valence-electron chi connectivity index (χ1n) is 11.6. The third-order valence-corrected chi connectivity index (χ3v) is 8.39. The molecule has 1 aliphatic heterocycles. The van der Waals surface area contributed by atoms with E-state index in [4.69, 9.17) is 5.11 Å². The first kappa shape index (κ1) is 26.3. The number of hydrogen-bond acceptors (Lipinski definition) is 7. The number of halogens is 2. The van der Waals surface area contributed by atoms with Gasteiger partial charge in [0.1, 0.15) is 5.82 Å². The number of hydrogen-bond donors (Lipinski definition) is 2. The number of aliphatic hydroxyl groups is 1. The van der Waals surface area contributed by atoms with E-state index in [2.05, 4.69) is 31.2 Å². The number of nitrogens with zero attached hydrogens (tertiary/aromatic N) is 3. The summed E-state index contributed by atoms with van der Waals surface area (Å²) in [5.74, 6) is -0.372. The number of aryl methyl sites for hydroxylation is 1. The molecule has 4 rings (SSSR count). The van der Waals surface area contributed by atoms with Gasteiger partial charge in [-0.1, -0.05) is 28.1 Å². The van der Waals surface area contributed by atoms with Crippen molar-refractivity contribution in [3.8, 4) is 11.3 Å². The largest absolute Gasteiger partial charge is 0.395 e. The minimum Gasteiger partial charge on any atom is -0.395 e. The smallest absolute Gasteiger partial charge is 0.243 e. The number of carbonyl (C=O) groups excluding carboxylic acids is 1. The molecule has 1 aliphatic rings. The van der Waals surface area contributed by atoms with Gasteiger partial charge in [-0.15, -0.1) is 0 Å². The summed E-state index contributed by atoms with van der Waals surface area (Å²) in [7, 11) is -3.91. The van der Waals surface area contributed by atoms with Crippen LogP contribution < -0.4 is 5.32 Å². The summed E-state index contributed by atoms with van der Waals surface area (Å²) in [6, 6.07) is 13.3. The van der Waals surface area contributed by atoms with E-state index in [1.807, 2.05) is 30.3 Å². The zero-order valence-electron chi connectivity index (χ0n) is 19.4. The Kier molecular flexibility index (Phi) is 8.45. The molecule has 0 radical (unpaired) electrons. The van der Waals surface area contributed by atoms with Gasteiger partial charge in [-0.05, 0) is 61.7 Å². The fraction of sp³-hybridized carbons (Fsp3) is 0.320. The van der Waals surface area contributed by atoms with Crippen molar-refractivity contribution in [1.29, 1.82) is 0 Å². The first-order valence-corrected chi connectivity index (χ1v) is 13.8. The second-order valence-corrected chi connectivity index (χ2v) is 11.2. The highest BCUT2D eigenvalue weighted by Crippen LogP contribution is 2.28. The molecule has 1 fully saturated rings. The molecule has 2 heterocycles. The van der Waals surface area contributed by atoms with Crippen LogP contribution in [0, 0.1) is 5.82 Å². The number of ketones is 1. The van der Waals surface area contributed by atoms with Gasteiger partial charge in [0.2, 0.25) is 16.0 Å². The van der Waals surface area contributed by atoms with Gasteiger partial charge < -0.3 is 10.4 Å². The van der Waals surface area contributed by atoms with E-state index in [9.17, 15) is 17.6 Å². The van der Waals surface area contributed by atoms with Gasteiger partial charge in [-0.3, -0.25) is 4.79 Å². The lowest BCUT2D eigenvalue weighted by atomic mass is 10.0. The number of sulfonamides is 1. The van der Waals surface area contributed by atoms with Crippen LogP contribution in [0.2, 0.25) is 0 Å². The number of aliphatic hydroxyl groups excluding tert-OH is 1. The summed E-state index contributed by atoms with van der Waals surface area (Å²) in [6.45, 7) is 0.437. The second-order valence-electron chi connectivity index (χ2n) is 8.42. The molecule has 190 valence electrons. The molecule has 0 spiro atoms. The normalized spacial score (nSPS) is 16.2. The zero-order chi connectivity index (χ0) is 25.7. The average Bonchev–Trinajstić information content (AvgIpc) is 3.38. The number of Topliss-reactive ketones (excluding diaryl/α,β-unsaturated/α-hetero) is 1. The summed E-state index contributed by atoms with van der Waals surface area (Å²) in [4.78, 5) is 22.1. The maximum absolute atomic E-state index is 13.3. The molecule has 1 aromatic heterocycles. The van der Waals surface area contributed by atoms with Gasteiger partial charge in [0.05, 0.1) is 23.2 Å². The standard InChI is InChI=1S/C25H26BrFN4O4S/c26-18-5-3-17(4-6-18)22-16-20(29-25(30-22)28-13-15-32)9-12-24(33)23-2-1-14-31(23)36(34,35)21-10-7-19(27)8-11-21/h3-8,10-11,16,23,32H,1-2,9,12-15H2,(H,28,29,30)/t23-/m0/s1. The van der Waals surface area contributed by atoms with Crippen molar-refractivity contribution in [1.82, 2.24) is 14.3 Å². The molecule has 1 saturated heterocycles. The number of anilines is 1. The van der Waals surface area contributed by atoms with Gasteiger partial charge in [-0.25, -0.2) is 22.8 Å². The Bertz CT molecular complexity index is 1320. The lowest BCUT2D eigenvalue weighted by molar-refractivity contribution is -0.122. The van der Waals surface area contributed by atoms with Crippen molar-refractivity contribution in [2.45, 2.75) is 36.6 Å². The van der Waals surface area contributed by atoms with Crippen LogP contribution in [0.25, 0.3) is 11.3 Å². The monoisotopic (exact) mass is 576 g/mol. The van der Waals surface area contributed by atoms with E-state index >= 15 is 0 Å². The van der Waals surface area contributed by atoms with E-state index in [0.717, 1.165) is 22.2 Å². The molecule has 1 atom stereocenters. The Labute approximate surface area is 217 Å². The Morgan fingerprint density at radius 3 is 2.56 bits per heavy atom. The lowest BCUT2D eigenvalue weighted by Gasteiger charge is -2.23. The molecule has 11 heteroatoms. The fourth-order valence-corrected chi connectivity index (χ4v) is 6.09. The van der Waals surface area contributed by atoms with Crippen LogP contribution in [0.3, 0.4) is 0 Å². The predicted octanol–water partition coefficient (Wildman–Crippen LogP) is 3.80. The van der Waals surface area contributed by atoms with E-state index in [0.29, 0.717) is 36.6 Å². The highest BCUT2D eigenvalue weighted by molar-refractivity contribution is 9.10. The number of benzene rings is 2. The predicted molar refractivity (Wildman–Crippen MR) is 137 cm³/mol. The van der Waals surface area contributed by atoms with Crippen LogP contribution >= 0.6 is 15.9 Å². The Morgan fingerprint density at radius 1 is 1.14 bits per heavy atom. The number of rotatable bonds is 10. The summed E-state index contributed by atoms with van der Waals surface area (Å²) < 4.78 is 41.6. The van der Waals surface area contributed by atoms with E-state index in [-0.39, 0.29) is 36.8 Å². The maximum atomic E-state index is 13.3. The summed E-state index contributed by atoms with van der Waals surface area (Å²) >= 11 is 3.42. The van der Waals surface area contributed by atoms with Crippen LogP contribution in [0.5, 0.6) is 0 Å². The molecule has 36 heavy (non-hydrogen) atoms. The fourth-order valence-electron chi connectivity index (χ4n) is 4.15. The third kappa shape index (κ3) is 6.15. The van der Waals surface area contributed by atoms with Gasteiger partial charge >= 0.3 is 0 Å². The average molecular weight is 577 g/mol. The molecule has 0 bridgehead atoms. The van der Waals surface area contributed by atoms with Crippen molar-refractivity contribution in [3.05, 3.63) is 70.6 Å². The van der Waals surface area contributed by atoms with Crippen molar-refractivity contribution >= 4 is 37.7 Å². The van der Waals surface area contributed by atoms with Crippen LogP contribution in [-0.2, 0) is 21.2 Å². The minimum atomic E-state index is -3.91. The maximum Gasteiger partial charge on any atom is 0.243 e. The minimum absolute atomic E-state index is 0.0295. The highest BCUT2D eigenvalue weighted by atomic mass is 79.9. The molecule has 2 N–H and O–H groups in total. The number of nitrogens with one attached hydrogen (secondary N) is 1. The van der Waals surface area contributed by atoms with Gasteiger partial charge in [0.15, 0.2) is 5.78 Å². The summed E-state index contributed by atoms with van der Waals surface area (Å²) in [6.07, 6.45) is 1.43. The molecule has 3 aromatic rings. The van der Waals surface area contributed by atoms with E-state index in [1.54, 1.807) is 0 Å². The summed E-state index contributed by atoms with van der Waals surface area (Å²) in [5.41, 5.74) is 2.16. The van der Waals surface area contributed by atoms with Crippen LogP contribution in [-0.4, -0.2) is 59.3 Å². The molecule has 0 saturated carbocycles. The molecule has 0 unspecified atom stereocenters. The quantitative estimate of drug-likeness (QED) is 0.377. The molecule has 0 amide bonds. The summed E-state index contributed by atoms with van der Waals surface area (Å²) in [5, 5.41) is 12.1. The van der Waals surface area contributed by atoms with Crippen molar-refractivity contribution in [2.75, 3.05) is 25.0 Å². The molecule has 0 aliphatic carbocycles. The topological polar surface area (TPSA) is 112 Å². The van der Waals surface area contributed by atoms with Crippen LogP contribution in [0.4, 0.5) is 10.3 Å². The molecular formula is C25H26BrFN4O4S.